The van der Waals surface area contributed by atoms with E-state index in [2.05, 4.69) is 0 Å². The summed E-state index contributed by atoms with van der Waals surface area (Å²) in [5.41, 5.74) is 0. The Morgan fingerprint density at radius 2 is 1.92 bits per heavy atom. The summed E-state index contributed by atoms with van der Waals surface area (Å²) < 4.78 is 4.82. The molecule has 0 spiro atoms. The van der Waals surface area contributed by atoms with Gasteiger partial charge in [-0.05, 0) is 27.4 Å². The highest BCUT2D eigenvalue weighted by molar-refractivity contribution is 5.94. The molecule has 0 N–H and O–H groups in total. The van der Waals surface area contributed by atoms with E-state index in [0.717, 1.165) is 13.0 Å². The van der Waals surface area contributed by atoms with Crippen molar-refractivity contribution in [2.75, 3.05) is 27.2 Å². The van der Waals surface area contributed by atoms with Crippen LogP contribution in [0.1, 0.15) is 19.8 Å². The minimum Gasteiger partial charge on any atom is -0.465 e. The first-order valence-corrected chi connectivity index (χ1v) is 4.32. The number of carbonyl (C=O) groups is 2. The Kier molecular flexibility index (Phi) is 6.14. The summed E-state index contributed by atoms with van der Waals surface area (Å²) in [6, 6.07) is 0. The number of hydrogen-bond donors (Lipinski definition) is 0. The van der Waals surface area contributed by atoms with E-state index in [-0.39, 0.29) is 12.2 Å². The van der Waals surface area contributed by atoms with Gasteiger partial charge in [0.2, 0.25) is 0 Å². The molecule has 76 valence electrons. The molecule has 0 atom stereocenters. The quantitative estimate of drug-likeness (QED) is 0.344. The van der Waals surface area contributed by atoms with Crippen LogP contribution >= 0.6 is 0 Å². The van der Waals surface area contributed by atoms with Gasteiger partial charge in [0.1, 0.15) is 12.2 Å². The number of nitrogens with zero attached hydrogens (tertiary/aromatic N) is 1. The van der Waals surface area contributed by atoms with Crippen molar-refractivity contribution in [2.24, 2.45) is 0 Å². The molecular formula is C9H17NO3. The zero-order valence-electron chi connectivity index (χ0n) is 8.50. The van der Waals surface area contributed by atoms with Gasteiger partial charge in [0.05, 0.1) is 6.61 Å². The fourth-order valence-corrected chi connectivity index (χ4v) is 0.821. The maximum absolute atomic E-state index is 10.8. The second-order valence-corrected chi connectivity index (χ2v) is 3.26. The van der Waals surface area contributed by atoms with E-state index in [1.54, 1.807) is 0 Å². The third-order valence-corrected chi connectivity index (χ3v) is 1.41. The number of Topliss-reactive ketones (excluding diaryl/α,β-unsaturated/α-hetero) is 1. The highest BCUT2D eigenvalue weighted by Crippen LogP contribution is 1.91. The van der Waals surface area contributed by atoms with Crippen LogP contribution in [-0.2, 0) is 14.3 Å². The Morgan fingerprint density at radius 3 is 2.38 bits per heavy atom. The highest BCUT2D eigenvalue weighted by atomic mass is 16.5. The molecule has 0 amide bonds. The Labute approximate surface area is 78.9 Å². The van der Waals surface area contributed by atoms with Gasteiger partial charge in [0.25, 0.3) is 0 Å². The molecular weight excluding hydrogens is 170 g/mol. The second kappa shape index (κ2) is 6.60. The van der Waals surface area contributed by atoms with Crippen molar-refractivity contribution in [3.05, 3.63) is 0 Å². The molecule has 0 radical (unpaired) electrons. The van der Waals surface area contributed by atoms with E-state index in [9.17, 15) is 9.59 Å². The van der Waals surface area contributed by atoms with Crippen molar-refractivity contribution in [1.82, 2.24) is 4.90 Å². The molecule has 0 unspecified atom stereocenters. The van der Waals surface area contributed by atoms with Crippen molar-refractivity contribution in [3.63, 3.8) is 0 Å². The predicted octanol–water partition coefficient (Wildman–Crippen LogP) is 0.460. The van der Waals surface area contributed by atoms with E-state index in [4.69, 9.17) is 4.74 Å². The van der Waals surface area contributed by atoms with Gasteiger partial charge in [0.15, 0.2) is 0 Å². The first-order chi connectivity index (χ1) is 6.02. The molecule has 0 aromatic rings. The van der Waals surface area contributed by atoms with Crippen molar-refractivity contribution in [3.8, 4) is 0 Å². The summed E-state index contributed by atoms with van der Waals surface area (Å²) >= 11 is 0. The first-order valence-electron chi connectivity index (χ1n) is 4.32. The maximum Gasteiger partial charge on any atom is 0.313 e. The minimum atomic E-state index is -0.425. The Bertz CT molecular complexity index is 178. The van der Waals surface area contributed by atoms with Crippen LogP contribution in [0.4, 0.5) is 0 Å². The normalized spacial score (nSPS) is 10.2. The SMILES string of the molecule is CC(=O)CC(=O)OCCCN(C)C. The molecule has 0 fully saturated rings. The van der Waals surface area contributed by atoms with E-state index in [0.29, 0.717) is 6.61 Å². The molecule has 0 heterocycles. The smallest absolute Gasteiger partial charge is 0.313 e. The monoisotopic (exact) mass is 187 g/mol. The molecule has 0 bridgehead atoms. The fraction of sp³-hybridized carbons (Fsp3) is 0.778. The lowest BCUT2D eigenvalue weighted by atomic mass is 10.3. The van der Waals surface area contributed by atoms with Crippen LogP contribution in [0.3, 0.4) is 0 Å². The van der Waals surface area contributed by atoms with E-state index in [1.807, 2.05) is 19.0 Å². The molecule has 0 saturated heterocycles. The van der Waals surface area contributed by atoms with Crippen molar-refractivity contribution < 1.29 is 14.3 Å². The lowest BCUT2D eigenvalue weighted by Crippen LogP contribution is -2.16. The summed E-state index contributed by atoms with van der Waals surface area (Å²) in [5.74, 6) is -0.580. The van der Waals surface area contributed by atoms with Crippen LogP contribution in [0.25, 0.3) is 0 Å². The maximum atomic E-state index is 10.8. The van der Waals surface area contributed by atoms with Gasteiger partial charge in [-0.1, -0.05) is 0 Å². The Morgan fingerprint density at radius 1 is 1.31 bits per heavy atom. The van der Waals surface area contributed by atoms with Crippen LogP contribution < -0.4 is 0 Å². The first kappa shape index (κ1) is 12.1. The van der Waals surface area contributed by atoms with Crippen molar-refractivity contribution in [2.45, 2.75) is 19.8 Å². The van der Waals surface area contributed by atoms with Crippen molar-refractivity contribution in [1.29, 1.82) is 0 Å². The van der Waals surface area contributed by atoms with Crippen molar-refractivity contribution >= 4 is 11.8 Å². The Balaban J connectivity index is 3.32. The van der Waals surface area contributed by atoms with Crippen LogP contribution in [0.15, 0.2) is 0 Å². The van der Waals surface area contributed by atoms with Crippen LogP contribution in [0.5, 0.6) is 0 Å². The molecule has 0 aliphatic carbocycles. The number of rotatable bonds is 6. The zero-order valence-corrected chi connectivity index (χ0v) is 8.50. The number of hydrogen-bond acceptors (Lipinski definition) is 4. The lowest BCUT2D eigenvalue weighted by molar-refractivity contribution is -0.145. The van der Waals surface area contributed by atoms with E-state index < -0.39 is 5.97 Å². The van der Waals surface area contributed by atoms with Gasteiger partial charge in [-0.3, -0.25) is 9.59 Å². The van der Waals surface area contributed by atoms with E-state index >= 15 is 0 Å². The minimum absolute atomic E-state index is 0.109. The van der Waals surface area contributed by atoms with Crippen LogP contribution in [0, 0.1) is 0 Å². The molecule has 4 heteroatoms. The summed E-state index contributed by atoms with van der Waals surface area (Å²) in [7, 11) is 3.91. The number of carbonyl (C=O) groups excluding carboxylic acids is 2. The molecule has 0 rings (SSSR count). The van der Waals surface area contributed by atoms with Gasteiger partial charge in [-0.2, -0.15) is 0 Å². The summed E-state index contributed by atoms with van der Waals surface area (Å²) in [6.45, 7) is 2.65. The third kappa shape index (κ3) is 9.01. The topological polar surface area (TPSA) is 46.6 Å². The molecule has 13 heavy (non-hydrogen) atoms. The lowest BCUT2D eigenvalue weighted by Gasteiger charge is -2.08. The molecule has 0 aliphatic heterocycles. The number of ketones is 1. The van der Waals surface area contributed by atoms with Gasteiger partial charge in [-0.15, -0.1) is 0 Å². The molecule has 0 aliphatic rings. The summed E-state index contributed by atoms with van der Waals surface area (Å²) in [5, 5.41) is 0. The number of esters is 1. The van der Waals surface area contributed by atoms with Crippen LogP contribution in [0.2, 0.25) is 0 Å². The average Bonchev–Trinajstić information content (AvgIpc) is 1.96. The van der Waals surface area contributed by atoms with Gasteiger partial charge in [-0.25, -0.2) is 0 Å². The third-order valence-electron chi connectivity index (χ3n) is 1.41. The molecule has 0 aromatic carbocycles. The standard InChI is InChI=1S/C9H17NO3/c1-8(11)7-9(12)13-6-4-5-10(2)3/h4-7H2,1-3H3. The molecule has 0 aromatic heterocycles. The fourth-order valence-electron chi connectivity index (χ4n) is 0.821. The van der Waals surface area contributed by atoms with E-state index in [1.165, 1.54) is 6.92 Å². The number of ether oxygens (including phenoxy) is 1. The largest absolute Gasteiger partial charge is 0.465 e. The predicted molar refractivity (Wildman–Crippen MR) is 49.4 cm³/mol. The summed E-state index contributed by atoms with van der Waals surface area (Å²) in [6.07, 6.45) is 0.693. The van der Waals surface area contributed by atoms with Crippen LogP contribution in [-0.4, -0.2) is 43.9 Å². The zero-order chi connectivity index (χ0) is 10.3. The van der Waals surface area contributed by atoms with Gasteiger partial charge in [0, 0.05) is 6.54 Å². The Hall–Kier alpha value is -0.900. The van der Waals surface area contributed by atoms with Gasteiger partial charge >= 0.3 is 5.97 Å². The molecule has 4 nitrogen and oxygen atoms in total. The second-order valence-electron chi connectivity index (χ2n) is 3.26. The molecule has 0 saturated carbocycles. The average molecular weight is 187 g/mol. The van der Waals surface area contributed by atoms with Gasteiger partial charge < -0.3 is 9.64 Å². The summed E-state index contributed by atoms with van der Waals surface area (Å²) in [4.78, 5) is 23.3. The highest BCUT2D eigenvalue weighted by Gasteiger charge is 2.05.